The normalized spacial score (nSPS) is 11.1. The number of ether oxygens (including phenoxy) is 2. The Balaban J connectivity index is 1.63. The summed E-state index contributed by atoms with van der Waals surface area (Å²) in [5, 5.41) is 2.36. The van der Waals surface area contributed by atoms with Crippen LogP contribution in [0.5, 0.6) is 11.5 Å². The largest absolute Gasteiger partial charge is 0.484 e. The molecule has 0 aromatic heterocycles. The van der Waals surface area contributed by atoms with E-state index in [2.05, 4.69) is 16.2 Å². The van der Waals surface area contributed by atoms with Gasteiger partial charge in [0.2, 0.25) is 0 Å². The van der Waals surface area contributed by atoms with Crippen molar-refractivity contribution in [3.63, 3.8) is 0 Å². The number of carbonyl (C=O) groups excluding carboxylic acids is 3. The van der Waals surface area contributed by atoms with Gasteiger partial charge in [-0.1, -0.05) is 18.2 Å². The molecule has 0 bridgehead atoms. The number of amides is 3. The topological polar surface area (TPSA) is 106 Å². The molecule has 0 radical (unpaired) electrons. The molecule has 3 N–H and O–H groups in total. The highest BCUT2D eigenvalue weighted by atomic mass is 19.1. The van der Waals surface area contributed by atoms with Crippen molar-refractivity contribution >= 4 is 17.7 Å². The molecule has 0 aliphatic rings. The Labute approximate surface area is 161 Å². The molecule has 8 nitrogen and oxygen atoms in total. The van der Waals surface area contributed by atoms with E-state index < -0.39 is 29.6 Å². The number of para-hydroxylation sites is 1. The summed E-state index contributed by atoms with van der Waals surface area (Å²) in [6, 6.07) is 13.9. The highest BCUT2D eigenvalue weighted by molar-refractivity contribution is 5.88. The molecule has 1 atom stereocenters. The van der Waals surface area contributed by atoms with Crippen LogP contribution in [-0.4, -0.2) is 37.0 Å². The molecular formula is C19H20FN3O5. The summed E-state index contributed by atoms with van der Waals surface area (Å²) in [5.74, 6) is -1.32. The van der Waals surface area contributed by atoms with Gasteiger partial charge in [-0.15, -0.1) is 0 Å². The van der Waals surface area contributed by atoms with Crippen LogP contribution in [0.4, 0.5) is 4.39 Å². The first kappa shape index (κ1) is 20.7. The van der Waals surface area contributed by atoms with Crippen molar-refractivity contribution in [1.29, 1.82) is 0 Å². The minimum atomic E-state index is -0.931. The van der Waals surface area contributed by atoms with E-state index in [0.29, 0.717) is 11.5 Å². The van der Waals surface area contributed by atoms with Crippen LogP contribution in [-0.2, 0) is 14.4 Å². The Morgan fingerprint density at radius 2 is 1.61 bits per heavy atom. The van der Waals surface area contributed by atoms with Crippen molar-refractivity contribution < 1.29 is 28.2 Å². The van der Waals surface area contributed by atoms with Gasteiger partial charge < -0.3 is 14.8 Å². The lowest BCUT2D eigenvalue weighted by Gasteiger charge is -2.15. The van der Waals surface area contributed by atoms with Gasteiger partial charge >= 0.3 is 0 Å². The van der Waals surface area contributed by atoms with E-state index in [1.54, 1.807) is 24.3 Å². The van der Waals surface area contributed by atoms with Crippen LogP contribution >= 0.6 is 0 Å². The molecule has 0 spiro atoms. The van der Waals surface area contributed by atoms with E-state index in [1.807, 2.05) is 6.07 Å². The molecule has 0 saturated carbocycles. The lowest BCUT2D eigenvalue weighted by atomic mass is 10.3. The highest BCUT2D eigenvalue weighted by Gasteiger charge is 2.15. The first-order valence-electron chi connectivity index (χ1n) is 8.39. The van der Waals surface area contributed by atoms with Gasteiger partial charge in [-0.05, 0) is 43.3 Å². The Kier molecular flexibility index (Phi) is 7.77. The van der Waals surface area contributed by atoms with E-state index in [-0.39, 0.29) is 13.2 Å². The molecule has 2 rings (SSSR count). The summed E-state index contributed by atoms with van der Waals surface area (Å²) >= 11 is 0. The monoisotopic (exact) mass is 389 g/mol. The highest BCUT2D eigenvalue weighted by Crippen LogP contribution is 2.12. The molecular weight excluding hydrogens is 369 g/mol. The molecule has 2 aromatic carbocycles. The van der Waals surface area contributed by atoms with E-state index in [4.69, 9.17) is 9.47 Å². The minimum absolute atomic E-state index is 0.244. The Bertz CT molecular complexity index is 799. The van der Waals surface area contributed by atoms with Gasteiger partial charge in [-0.3, -0.25) is 25.2 Å². The minimum Gasteiger partial charge on any atom is -0.484 e. The Hall–Kier alpha value is -3.62. The van der Waals surface area contributed by atoms with Gasteiger partial charge in [-0.2, -0.15) is 0 Å². The fourth-order valence-electron chi connectivity index (χ4n) is 1.94. The van der Waals surface area contributed by atoms with Crippen LogP contribution in [0.1, 0.15) is 6.92 Å². The molecule has 3 amide bonds. The van der Waals surface area contributed by atoms with Crippen molar-refractivity contribution in [2.75, 3.05) is 13.2 Å². The van der Waals surface area contributed by atoms with E-state index >= 15 is 0 Å². The lowest BCUT2D eigenvalue weighted by Crippen LogP contribution is -2.50. The number of hydrogen-bond donors (Lipinski definition) is 3. The second kappa shape index (κ2) is 10.5. The van der Waals surface area contributed by atoms with Crippen molar-refractivity contribution in [3.05, 3.63) is 60.4 Å². The maximum atomic E-state index is 12.8. The molecule has 0 unspecified atom stereocenters. The van der Waals surface area contributed by atoms with Crippen LogP contribution in [0.15, 0.2) is 54.6 Å². The number of carbonyl (C=O) groups is 3. The maximum Gasteiger partial charge on any atom is 0.279 e. The molecule has 148 valence electrons. The Morgan fingerprint density at radius 1 is 0.929 bits per heavy atom. The number of rotatable bonds is 8. The van der Waals surface area contributed by atoms with Crippen LogP contribution in [0.2, 0.25) is 0 Å². The van der Waals surface area contributed by atoms with Gasteiger partial charge in [0.1, 0.15) is 17.3 Å². The molecule has 0 aliphatic carbocycles. The molecule has 0 heterocycles. The zero-order valence-corrected chi connectivity index (χ0v) is 15.1. The number of nitrogens with one attached hydrogen (secondary N) is 3. The Morgan fingerprint density at radius 3 is 2.29 bits per heavy atom. The number of hydrogen-bond acceptors (Lipinski definition) is 5. The third-order valence-electron chi connectivity index (χ3n) is 3.38. The molecule has 28 heavy (non-hydrogen) atoms. The summed E-state index contributed by atoms with van der Waals surface area (Å²) in [4.78, 5) is 35.2. The predicted octanol–water partition coefficient (Wildman–Crippen LogP) is 0.936. The zero-order valence-electron chi connectivity index (χ0n) is 15.1. The average Bonchev–Trinajstić information content (AvgIpc) is 2.71. The van der Waals surface area contributed by atoms with Crippen molar-refractivity contribution in [1.82, 2.24) is 16.2 Å². The van der Waals surface area contributed by atoms with Crippen LogP contribution in [0.25, 0.3) is 0 Å². The van der Waals surface area contributed by atoms with E-state index in [0.717, 1.165) is 0 Å². The average molecular weight is 389 g/mol. The van der Waals surface area contributed by atoms with E-state index in [1.165, 1.54) is 31.2 Å². The van der Waals surface area contributed by atoms with Gasteiger partial charge in [0, 0.05) is 0 Å². The smallest absolute Gasteiger partial charge is 0.279 e. The van der Waals surface area contributed by atoms with Gasteiger partial charge in [0.15, 0.2) is 12.7 Å². The van der Waals surface area contributed by atoms with Gasteiger partial charge in [0.25, 0.3) is 17.7 Å². The summed E-state index contributed by atoms with van der Waals surface area (Å²) in [6.45, 7) is 0.879. The number of halogens is 1. The number of benzene rings is 2. The molecule has 2 aromatic rings. The molecule has 0 aliphatic heterocycles. The third-order valence-corrected chi connectivity index (χ3v) is 3.38. The molecule has 9 heteroatoms. The summed E-state index contributed by atoms with van der Waals surface area (Å²) < 4.78 is 23.4. The van der Waals surface area contributed by atoms with Crippen LogP contribution in [0, 0.1) is 5.82 Å². The summed E-state index contributed by atoms with van der Waals surface area (Å²) in [6.07, 6.45) is -0.931. The SMILES string of the molecule is C[C@@H](Oc1ccc(F)cc1)C(=O)NNC(=O)CNC(=O)COc1ccccc1. The fourth-order valence-corrected chi connectivity index (χ4v) is 1.94. The zero-order chi connectivity index (χ0) is 20.4. The summed E-state index contributed by atoms with van der Waals surface area (Å²) in [7, 11) is 0. The first-order valence-corrected chi connectivity index (χ1v) is 8.39. The summed E-state index contributed by atoms with van der Waals surface area (Å²) in [5.41, 5.74) is 4.33. The molecule has 0 fully saturated rings. The van der Waals surface area contributed by atoms with Crippen molar-refractivity contribution in [3.8, 4) is 11.5 Å². The van der Waals surface area contributed by atoms with Crippen molar-refractivity contribution in [2.45, 2.75) is 13.0 Å². The number of hydrazine groups is 1. The second-order valence-electron chi connectivity index (χ2n) is 5.63. The molecule has 0 saturated heterocycles. The fraction of sp³-hybridized carbons (Fsp3) is 0.211. The quantitative estimate of drug-likeness (QED) is 0.583. The van der Waals surface area contributed by atoms with Gasteiger partial charge in [0.05, 0.1) is 6.54 Å². The predicted molar refractivity (Wildman–Crippen MR) is 97.7 cm³/mol. The van der Waals surface area contributed by atoms with Crippen molar-refractivity contribution in [2.24, 2.45) is 0 Å². The van der Waals surface area contributed by atoms with Crippen LogP contribution < -0.4 is 25.6 Å². The van der Waals surface area contributed by atoms with Crippen LogP contribution in [0.3, 0.4) is 0 Å². The first-order chi connectivity index (χ1) is 13.4. The second-order valence-corrected chi connectivity index (χ2v) is 5.63. The van der Waals surface area contributed by atoms with Gasteiger partial charge in [-0.25, -0.2) is 4.39 Å². The third kappa shape index (κ3) is 7.32. The van der Waals surface area contributed by atoms with E-state index in [9.17, 15) is 18.8 Å². The maximum absolute atomic E-state index is 12.8. The standard InChI is InChI=1S/C19H20FN3O5/c1-13(28-16-9-7-14(20)8-10-16)19(26)23-22-17(24)11-21-18(25)12-27-15-5-3-2-4-6-15/h2-10,13H,11-12H2,1H3,(H,21,25)(H,22,24)(H,23,26)/t13-/m1/s1. The lowest BCUT2D eigenvalue weighted by molar-refractivity contribution is -0.133.